The van der Waals surface area contributed by atoms with Crippen molar-refractivity contribution in [3.05, 3.63) is 130 Å². The summed E-state index contributed by atoms with van der Waals surface area (Å²) >= 11 is 0. The first-order valence-corrected chi connectivity index (χ1v) is 14.9. The first-order valence-electron chi connectivity index (χ1n) is 14.9. The Kier molecular flexibility index (Phi) is 5.66. The van der Waals surface area contributed by atoms with Crippen molar-refractivity contribution in [1.29, 1.82) is 0 Å². The summed E-state index contributed by atoms with van der Waals surface area (Å²) in [6.07, 6.45) is 4.93. The zero-order valence-electron chi connectivity index (χ0n) is 23.5. The van der Waals surface area contributed by atoms with Crippen LogP contribution in [0.5, 0.6) is 0 Å². The van der Waals surface area contributed by atoms with Crippen molar-refractivity contribution in [2.75, 3.05) is 9.80 Å². The number of carbonyl (C=O) groups excluding carboxylic acids is 4. The van der Waals surface area contributed by atoms with Gasteiger partial charge in [-0.15, -0.1) is 0 Å². The van der Waals surface area contributed by atoms with Gasteiger partial charge < -0.3 is 5.32 Å². The molecule has 1 N–H and O–H groups in total. The molecular formula is C36H29N3O4. The average Bonchev–Trinajstić information content (AvgIpc) is 3.51. The molecule has 3 aliphatic heterocycles. The highest BCUT2D eigenvalue weighted by Crippen LogP contribution is 2.61. The summed E-state index contributed by atoms with van der Waals surface area (Å²) < 4.78 is 0. The number of carbonyl (C=O) groups is 4. The van der Waals surface area contributed by atoms with E-state index in [0.29, 0.717) is 44.8 Å². The van der Waals surface area contributed by atoms with E-state index in [-0.39, 0.29) is 29.5 Å². The number of nitrogens with zero attached hydrogens (tertiary/aromatic N) is 2. The van der Waals surface area contributed by atoms with Crippen molar-refractivity contribution in [3.63, 3.8) is 0 Å². The second-order valence-electron chi connectivity index (χ2n) is 11.8. The van der Waals surface area contributed by atoms with E-state index in [1.54, 1.807) is 70.5 Å². The Hall–Kier alpha value is -5.04. The van der Waals surface area contributed by atoms with Crippen LogP contribution in [0.4, 0.5) is 11.4 Å². The van der Waals surface area contributed by atoms with Crippen LogP contribution in [-0.2, 0) is 10.3 Å². The molecule has 0 aromatic heterocycles. The molecule has 212 valence electrons. The zero-order valence-corrected chi connectivity index (χ0v) is 23.5. The molecule has 43 heavy (non-hydrogen) atoms. The van der Waals surface area contributed by atoms with Crippen molar-refractivity contribution >= 4 is 34.9 Å². The fourth-order valence-corrected chi connectivity index (χ4v) is 7.64. The van der Waals surface area contributed by atoms with Gasteiger partial charge in [-0.05, 0) is 48.7 Å². The third-order valence-corrected chi connectivity index (χ3v) is 9.54. The molecule has 3 heterocycles. The van der Waals surface area contributed by atoms with Gasteiger partial charge in [0.1, 0.15) is 6.04 Å². The minimum absolute atomic E-state index is 0.0199. The lowest BCUT2D eigenvalue weighted by molar-refractivity contribution is -0.128. The van der Waals surface area contributed by atoms with Crippen LogP contribution in [0.1, 0.15) is 85.9 Å². The van der Waals surface area contributed by atoms with Gasteiger partial charge in [0.2, 0.25) is 0 Å². The predicted molar refractivity (Wildman–Crippen MR) is 162 cm³/mol. The van der Waals surface area contributed by atoms with Crippen LogP contribution in [0.3, 0.4) is 0 Å². The van der Waals surface area contributed by atoms with Crippen molar-refractivity contribution in [2.45, 2.75) is 49.7 Å². The van der Waals surface area contributed by atoms with Crippen LogP contribution in [-0.4, -0.2) is 29.5 Å². The topological polar surface area (TPSA) is 86.8 Å². The van der Waals surface area contributed by atoms with E-state index < -0.39 is 11.6 Å². The Morgan fingerprint density at radius 2 is 1.40 bits per heavy atom. The number of hydrogen-bond donors (Lipinski definition) is 1. The number of nitrogens with one attached hydrogen (secondary N) is 1. The Labute approximate surface area is 249 Å². The number of ketones is 1. The number of amides is 3. The fraction of sp³-hybridized carbons (Fsp3) is 0.222. The summed E-state index contributed by atoms with van der Waals surface area (Å²) in [6.45, 7) is 0. The number of fused-ring (bicyclic) bond motifs is 10. The largest absolute Gasteiger partial charge is 0.351 e. The molecule has 0 radical (unpaired) electrons. The van der Waals surface area contributed by atoms with Gasteiger partial charge >= 0.3 is 0 Å². The van der Waals surface area contributed by atoms with Crippen LogP contribution < -0.4 is 15.1 Å². The molecule has 7 heteroatoms. The molecule has 3 amide bonds. The van der Waals surface area contributed by atoms with Crippen molar-refractivity contribution in [2.24, 2.45) is 0 Å². The smallest absolute Gasteiger partial charge is 0.260 e. The highest BCUT2D eigenvalue weighted by molar-refractivity contribution is 6.25. The molecule has 4 aromatic carbocycles. The van der Waals surface area contributed by atoms with Crippen LogP contribution in [0.2, 0.25) is 0 Å². The summed E-state index contributed by atoms with van der Waals surface area (Å²) in [7, 11) is 0. The molecule has 0 bridgehead atoms. The molecule has 1 aliphatic carbocycles. The standard InChI is InChI=1S/C36H29N3O4/c40-31(22-11-3-1-4-12-22)23-19-20-29-30(21-23)39-34(42)27-17-9-10-18-28(27)36(39,35(43)37-24-13-5-2-6-14-24)32-25-15-7-8-16-26(25)33(41)38(29)32/h1,3-4,7-12,15-21,24,32H,2,5-6,13-14H2,(H,37,43). The average molecular weight is 568 g/mol. The Bertz CT molecular complexity index is 1840. The van der Waals surface area contributed by atoms with Crippen LogP contribution >= 0.6 is 0 Å². The van der Waals surface area contributed by atoms with Crippen molar-refractivity contribution in [3.8, 4) is 0 Å². The summed E-state index contributed by atoms with van der Waals surface area (Å²) in [4.78, 5) is 60.5. The maximum atomic E-state index is 15.0. The predicted octanol–water partition coefficient (Wildman–Crippen LogP) is 5.94. The lowest BCUT2D eigenvalue weighted by Crippen LogP contribution is -2.64. The second kappa shape index (κ2) is 9.49. The maximum Gasteiger partial charge on any atom is 0.260 e. The third kappa shape index (κ3) is 3.48. The van der Waals surface area contributed by atoms with E-state index in [9.17, 15) is 19.2 Å². The lowest BCUT2D eigenvalue weighted by atomic mass is 9.76. The SMILES string of the molecule is O=C(c1ccccc1)c1ccc2c(c1)N1C(=O)c3ccccc3C1(C(=O)NC1CCCCC1)C1c3ccccc3C(=O)N21. The summed E-state index contributed by atoms with van der Waals surface area (Å²) in [6, 6.07) is 27.8. The highest BCUT2D eigenvalue weighted by atomic mass is 16.2. The van der Waals surface area contributed by atoms with E-state index in [2.05, 4.69) is 5.32 Å². The van der Waals surface area contributed by atoms with E-state index >= 15 is 0 Å². The van der Waals surface area contributed by atoms with Crippen LogP contribution in [0, 0.1) is 0 Å². The van der Waals surface area contributed by atoms with E-state index in [1.165, 1.54) is 0 Å². The summed E-state index contributed by atoms with van der Waals surface area (Å²) in [5.41, 5.74) is 2.40. The quantitative estimate of drug-likeness (QED) is 0.310. The van der Waals surface area contributed by atoms with E-state index in [1.807, 2.05) is 36.4 Å². The molecule has 2 atom stereocenters. The van der Waals surface area contributed by atoms with Gasteiger partial charge in [-0.2, -0.15) is 0 Å². The molecule has 4 aliphatic rings. The molecular weight excluding hydrogens is 538 g/mol. The normalized spacial score (nSPS) is 21.9. The molecule has 4 aromatic rings. The number of rotatable bonds is 4. The minimum Gasteiger partial charge on any atom is -0.351 e. The number of anilines is 2. The number of hydrogen-bond acceptors (Lipinski definition) is 4. The fourth-order valence-electron chi connectivity index (χ4n) is 7.64. The molecule has 1 fully saturated rings. The Morgan fingerprint density at radius 3 is 2.19 bits per heavy atom. The van der Waals surface area contributed by atoms with Gasteiger partial charge in [0.25, 0.3) is 17.7 Å². The molecule has 0 spiro atoms. The van der Waals surface area contributed by atoms with Gasteiger partial charge in [0, 0.05) is 33.9 Å². The van der Waals surface area contributed by atoms with Gasteiger partial charge in [-0.25, -0.2) is 0 Å². The highest BCUT2D eigenvalue weighted by Gasteiger charge is 2.68. The zero-order chi connectivity index (χ0) is 29.3. The van der Waals surface area contributed by atoms with Gasteiger partial charge in [0.15, 0.2) is 11.3 Å². The lowest BCUT2D eigenvalue weighted by Gasteiger charge is -2.50. The Morgan fingerprint density at radius 1 is 0.698 bits per heavy atom. The minimum atomic E-state index is -1.56. The van der Waals surface area contributed by atoms with Gasteiger partial charge in [-0.1, -0.05) is 86.0 Å². The third-order valence-electron chi connectivity index (χ3n) is 9.54. The molecule has 8 rings (SSSR count). The van der Waals surface area contributed by atoms with Crippen LogP contribution in [0.25, 0.3) is 0 Å². The summed E-state index contributed by atoms with van der Waals surface area (Å²) in [5, 5.41) is 3.33. The maximum absolute atomic E-state index is 15.0. The first-order chi connectivity index (χ1) is 21.0. The van der Waals surface area contributed by atoms with Crippen LogP contribution in [0.15, 0.2) is 97.1 Å². The Balaban J connectivity index is 1.40. The monoisotopic (exact) mass is 567 g/mol. The van der Waals surface area contributed by atoms with Crippen molar-refractivity contribution < 1.29 is 19.2 Å². The summed E-state index contributed by atoms with van der Waals surface area (Å²) in [5.74, 6) is -1.06. The second-order valence-corrected chi connectivity index (χ2v) is 11.8. The van der Waals surface area contributed by atoms with E-state index in [4.69, 9.17) is 0 Å². The molecule has 7 nitrogen and oxygen atoms in total. The molecule has 1 saturated carbocycles. The van der Waals surface area contributed by atoms with E-state index in [0.717, 1.165) is 32.1 Å². The van der Waals surface area contributed by atoms with Crippen molar-refractivity contribution in [1.82, 2.24) is 5.32 Å². The number of benzene rings is 4. The first kappa shape index (κ1) is 25.7. The van der Waals surface area contributed by atoms with Gasteiger partial charge in [-0.3, -0.25) is 29.0 Å². The molecule has 2 unspecified atom stereocenters. The molecule has 0 saturated heterocycles. The van der Waals surface area contributed by atoms with Gasteiger partial charge in [0.05, 0.1) is 11.4 Å².